The highest BCUT2D eigenvalue weighted by Crippen LogP contribution is 2.23. The number of pyridine rings is 1. The Morgan fingerprint density at radius 2 is 1.97 bits per heavy atom. The van der Waals surface area contributed by atoms with Gasteiger partial charge < -0.3 is 14.2 Å². The van der Waals surface area contributed by atoms with E-state index in [2.05, 4.69) is 9.98 Å². The van der Waals surface area contributed by atoms with Gasteiger partial charge in [-0.05, 0) is 29.3 Å². The van der Waals surface area contributed by atoms with Crippen molar-refractivity contribution in [1.82, 2.24) is 4.98 Å². The fraction of sp³-hybridized carbons (Fsp3) is 0.409. The van der Waals surface area contributed by atoms with Gasteiger partial charge in [0.1, 0.15) is 18.2 Å². The van der Waals surface area contributed by atoms with E-state index in [0.29, 0.717) is 44.4 Å². The molecule has 0 spiro atoms. The van der Waals surface area contributed by atoms with E-state index in [-0.39, 0.29) is 23.9 Å². The smallest absolute Gasteiger partial charge is 0.218 e. The molecule has 0 unspecified atom stereocenters. The number of halogens is 1. The molecule has 0 amide bonds. The Bertz CT molecular complexity index is 868. The predicted octanol–water partition coefficient (Wildman–Crippen LogP) is 3.08. The van der Waals surface area contributed by atoms with Crippen molar-refractivity contribution >= 4 is 11.7 Å². The molecule has 0 saturated heterocycles. The molecule has 1 aliphatic heterocycles. The fourth-order valence-electron chi connectivity index (χ4n) is 3.31. The third-order valence-electron chi connectivity index (χ3n) is 4.76. The zero-order chi connectivity index (χ0) is 20.6. The summed E-state index contributed by atoms with van der Waals surface area (Å²) in [5, 5.41) is 0. The van der Waals surface area contributed by atoms with Crippen molar-refractivity contribution in [3.05, 3.63) is 64.7 Å². The van der Waals surface area contributed by atoms with Crippen LogP contribution in [0.15, 0.2) is 41.5 Å². The molecule has 154 valence electrons. The van der Waals surface area contributed by atoms with Gasteiger partial charge in [-0.15, -0.1) is 0 Å². The first-order chi connectivity index (χ1) is 14.1. The summed E-state index contributed by atoms with van der Waals surface area (Å²) in [5.41, 5.74) is 3.45. The van der Waals surface area contributed by atoms with Gasteiger partial charge in [0.25, 0.3) is 0 Å². The number of carbonyl (C=O) groups excluding carboxylic acids is 1. The average molecular weight is 400 g/mol. The van der Waals surface area contributed by atoms with Crippen LogP contribution in [-0.2, 0) is 32.0 Å². The Labute approximate surface area is 169 Å². The Morgan fingerprint density at radius 3 is 2.69 bits per heavy atom. The van der Waals surface area contributed by atoms with Gasteiger partial charge in [-0.3, -0.25) is 9.78 Å². The number of nitrogens with zero attached hydrogens (tertiary/aromatic N) is 2. The van der Waals surface area contributed by atoms with E-state index in [0.717, 1.165) is 16.7 Å². The molecule has 1 aromatic heterocycles. The van der Waals surface area contributed by atoms with Crippen molar-refractivity contribution in [2.24, 2.45) is 4.99 Å². The number of fused-ring (bicyclic) bond motifs is 1. The zero-order valence-corrected chi connectivity index (χ0v) is 16.7. The maximum atomic E-state index is 13.2. The third-order valence-corrected chi connectivity index (χ3v) is 4.76. The molecular formula is C22H25FN2O4. The summed E-state index contributed by atoms with van der Waals surface area (Å²) >= 11 is 0. The van der Waals surface area contributed by atoms with E-state index in [1.165, 1.54) is 12.1 Å². The Kier molecular flexibility index (Phi) is 7.43. The largest absolute Gasteiger partial charge is 0.475 e. The lowest BCUT2D eigenvalue weighted by Gasteiger charge is -2.16. The van der Waals surface area contributed by atoms with Crippen molar-refractivity contribution in [3.8, 4) is 0 Å². The molecule has 1 aliphatic rings. The monoisotopic (exact) mass is 400 g/mol. The Hall–Kier alpha value is -2.64. The van der Waals surface area contributed by atoms with Crippen LogP contribution < -0.4 is 0 Å². The number of hydrogen-bond acceptors (Lipinski definition) is 6. The van der Waals surface area contributed by atoms with Crippen LogP contribution in [0.3, 0.4) is 0 Å². The van der Waals surface area contributed by atoms with Crippen LogP contribution in [-0.4, -0.2) is 50.7 Å². The van der Waals surface area contributed by atoms with Crippen molar-refractivity contribution < 1.29 is 23.4 Å². The van der Waals surface area contributed by atoms with Gasteiger partial charge in [-0.1, -0.05) is 12.1 Å². The number of benzene rings is 1. The highest BCUT2D eigenvalue weighted by atomic mass is 19.1. The molecule has 0 saturated carbocycles. The molecule has 6 nitrogen and oxygen atoms in total. The van der Waals surface area contributed by atoms with E-state index in [4.69, 9.17) is 14.2 Å². The molecule has 1 aromatic carbocycles. The van der Waals surface area contributed by atoms with Crippen molar-refractivity contribution in [2.75, 3.05) is 34.0 Å². The topological polar surface area (TPSA) is 70.0 Å². The molecular weight excluding hydrogens is 375 g/mol. The molecule has 0 bridgehead atoms. The van der Waals surface area contributed by atoms with Crippen LogP contribution >= 0.6 is 0 Å². The van der Waals surface area contributed by atoms with Gasteiger partial charge in [0, 0.05) is 44.9 Å². The molecule has 1 atom stereocenters. The van der Waals surface area contributed by atoms with Gasteiger partial charge >= 0.3 is 0 Å². The second kappa shape index (κ2) is 10.2. The molecule has 2 aromatic rings. The molecule has 0 radical (unpaired) electrons. The van der Waals surface area contributed by atoms with Gasteiger partial charge in [-0.25, -0.2) is 9.38 Å². The van der Waals surface area contributed by atoms with Crippen LogP contribution in [0.1, 0.15) is 34.7 Å². The molecule has 7 heteroatoms. The van der Waals surface area contributed by atoms with E-state index in [1.807, 2.05) is 6.07 Å². The van der Waals surface area contributed by atoms with E-state index in [1.54, 1.807) is 32.5 Å². The van der Waals surface area contributed by atoms with Crippen LogP contribution in [0.2, 0.25) is 0 Å². The molecule has 0 fully saturated rings. The SMILES string of the molecule is COCCOC1=NCc2cc(CC(=O)C[C@H](COC)c3ccc(F)cc3)ncc21. The number of hydrogen-bond donors (Lipinski definition) is 0. The normalized spacial score (nSPS) is 13.7. The maximum Gasteiger partial charge on any atom is 0.218 e. The number of aliphatic imine (C=N–C) groups is 1. The molecule has 2 heterocycles. The molecule has 0 aliphatic carbocycles. The van der Waals surface area contributed by atoms with E-state index < -0.39 is 0 Å². The van der Waals surface area contributed by atoms with Crippen LogP contribution in [0.5, 0.6) is 0 Å². The predicted molar refractivity (Wildman–Crippen MR) is 107 cm³/mol. The summed E-state index contributed by atoms with van der Waals surface area (Å²) in [4.78, 5) is 21.4. The summed E-state index contributed by atoms with van der Waals surface area (Å²) in [7, 11) is 3.21. The number of ketones is 1. The van der Waals surface area contributed by atoms with Crippen molar-refractivity contribution in [3.63, 3.8) is 0 Å². The summed E-state index contributed by atoms with van der Waals surface area (Å²) in [5.74, 6) is 0.205. The summed E-state index contributed by atoms with van der Waals surface area (Å²) in [6.07, 6.45) is 2.25. The number of rotatable bonds is 10. The van der Waals surface area contributed by atoms with Gasteiger partial charge in [-0.2, -0.15) is 0 Å². The Morgan fingerprint density at radius 1 is 1.17 bits per heavy atom. The second-order valence-electron chi connectivity index (χ2n) is 6.92. The summed E-state index contributed by atoms with van der Waals surface area (Å²) < 4.78 is 29.0. The van der Waals surface area contributed by atoms with Crippen LogP contribution in [0.25, 0.3) is 0 Å². The van der Waals surface area contributed by atoms with Crippen molar-refractivity contribution in [1.29, 1.82) is 0 Å². The van der Waals surface area contributed by atoms with Gasteiger partial charge in [0.2, 0.25) is 5.90 Å². The quantitative estimate of drug-likeness (QED) is 0.573. The number of carbonyl (C=O) groups is 1. The highest BCUT2D eigenvalue weighted by Gasteiger charge is 2.21. The van der Waals surface area contributed by atoms with Crippen LogP contribution in [0.4, 0.5) is 4.39 Å². The highest BCUT2D eigenvalue weighted by molar-refractivity contribution is 5.97. The fourth-order valence-corrected chi connectivity index (χ4v) is 3.31. The second-order valence-corrected chi connectivity index (χ2v) is 6.92. The lowest BCUT2D eigenvalue weighted by Crippen LogP contribution is -2.15. The van der Waals surface area contributed by atoms with E-state index in [9.17, 15) is 9.18 Å². The first kappa shape index (κ1) is 21.1. The summed E-state index contributed by atoms with van der Waals surface area (Å²) in [6.45, 7) is 1.83. The first-order valence-electron chi connectivity index (χ1n) is 9.51. The van der Waals surface area contributed by atoms with Gasteiger partial charge in [0.15, 0.2) is 0 Å². The summed E-state index contributed by atoms with van der Waals surface area (Å²) in [6, 6.07) is 8.10. The maximum absolute atomic E-state index is 13.2. The minimum Gasteiger partial charge on any atom is -0.475 e. The lowest BCUT2D eigenvalue weighted by atomic mass is 9.93. The minimum absolute atomic E-state index is 0.0549. The molecule has 0 N–H and O–H groups in total. The first-order valence-corrected chi connectivity index (χ1v) is 9.51. The lowest BCUT2D eigenvalue weighted by molar-refractivity contribution is -0.119. The average Bonchev–Trinajstić information content (AvgIpc) is 3.11. The number of ether oxygens (including phenoxy) is 3. The number of aromatic nitrogens is 1. The van der Waals surface area contributed by atoms with Crippen LogP contribution in [0, 0.1) is 5.82 Å². The molecule has 29 heavy (non-hydrogen) atoms. The molecule has 3 rings (SSSR count). The zero-order valence-electron chi connectivity index (χ0n) is 16.7. The van der Waals surface area contributed by atoms with E-state index >= 15 is 0 Å². The minimum atomic E-state index is -0.300. The third kappa shape index (κ3) is 5.68. The van der Waals surface area contributed by atoms with Crippen molar-refractivity contribution in [2.45, 2.75) is 25.3 Å². The number of Topliss-reactive ketones (excluding diaryl/α,β-unsaturated/α-hetero) is 1. The standard InChI is InChI=1S/C22H25FN2O4/c1-27-7-8-29-22-21-13-24-19(9-16(21)12-25-22)11-20(26)10-17(14-28-2)15-3-5-18(23)6-4-15/h3-6,9,13,17H,7-8,10-12,14H2,1-2H3/t17-/m1/s1. The van der Waals surface area contributed by atoms with Gasteiger partial charge in [0.05, 0.1) is 25.3 Å². The number of methoxy groups -OCH3 is 2. The Balaban J connectivity index is 1.61.